The smallest absolute Gasteiger partial charge is 0.520 e. The molecule has 1 aromatic heterocycles. The molecule has 0 aliphatic rings. The topological polar surface area (TPSA) is 22.1 Å². The molecule has 1 rings (SSSR count). The molecule has 1 aromatic rings. The minimum absolute atomic E-state index is 0. The zero-order valence-corrected chi connectivity index (χ0v) is 12.1. The van der Waals surface area contributed by atoms with Gasteiger partial charge in [0.1, 0.15) is 5.75 Å². The number of halogens is 4. The van der Waals surface area contributed by atoms with Crippen LogP contribution < -0.4 is 56.1 Å². The number of hydrogen-bond donors (Lipinski definition) is 0. The second-order valence-corrected chi connectivity index (χ2v) is 3.28. The van der Waals surface area contributed by atoms with Gasteiger partial charge in [0.25, 0.3) is 0 Å². The first-order valence-corrected chi connectivity index (χ1v) is 4.21. The van der Waals surface area contributed by atoms with Crippen molar-refractivity contribution in [3.05, 3.63) is 22.9 Å². The third kappa shape index (κ3) is 6.41. The molecule has 0 aliphatic carbocycles. The fourth-order valence-electron chi connectivity index (χ4n) is 0.662. The predicted octanol–water partition coefficient (Wildman–Crippen LogP) is -0.386. The minimum atomic E-state index is -4.90. The van der Waals surface area contributed by atoms with E-state index in [1.54, 1.807) is 0 Å². The van der Waals surface area contributed by atoms with Crippen molar-refractivity contribution in [1.29, 1.82) is 0 Å². The molecule has 0 fully saturated rings. The standard InChI is InChI=1S/C6H5BBrF3NO.K/c8-5-1-6(3-12-2-5)13-4-7(9,10)11;/h1-3H,4H2;/q-1;+1. The van der Waals surface area contributed by atoms with Gasteiger partial charge in [-0.15, -0.1) is 0 Å². The molecule has 0 saturated heterocycles. The summed E-state index contributed by atoms with van der Waals surface area (Å²) < 4.78 is 40.3. The number of pyridine rings is 1. The van der Waals surface area contributed by atoms with E-state index in [1.807, 2.05) is 0 Å². The average Bonchev–Trinajstić information content (AvgIpc) is 2.00. The Labute approximate surface area is 130 Å². The normalized spacial score (nSPS) is 10.6. The molecular weight excluding hydrogens is 289 g/mol. The largest absolute Gasteiger partial charge is 1.00 e. The maximum Gasteiger partial charge on any atom is 1.00 e. The molecule has 72 valence electrons. The van der Waals surface area contributed by atoms with E-state index in [0.29, 0.717) is 4.47 Å². The van der Waals surface area contributed by atoms with Gasteiger partial charge in [0.05, 0.1) is 12.7 Å². The molecule has 1 heterocycles. The van der Waals surface area contributed by atoms with Crippen molar-refractivity contribution in [2.45, 2.75) is 0 Å². The Morgan fingerprint density at radius 2 is 2.00 bits per heavy atom. The van der Waals surface area contributed by atoms with Crippen molar-refractivity contribution in [2.75, 3.05) is 6.51 Å². The van der Waals surface area contributed by atoms with Crippen molar-refractivity contribution in [2.24, 2.45) is 0 Å². The Morgan fingerprint density at radius 3 is 2.50 bits per heavy atom. The third-order valence-electron chi connectivity index (χ3n) is 1.12. The molecule has 0 aliphatic heterocycles. The van der Waals surface area contributed by atoms with E-state index in [9.17, 15) is 12.9 Å². The van der Waals surface area contributed by atoms with Crippen LogP contribution in [-0.4, -0.2) is 18.5 Å². The summed E-state index contributed by atoms with van der Waals surface area (Å²) in [6, 6.07) is 1.43. The van der Waals surface area contributed by atoms with Gasteiger partial charge in [-0.3, -0.25) is 4.98 Å². The number of rotatable bonds is 3. The third-order valence-corrected chi connectivity index (χ3v) is 1.55. The number of aromatic nitrogens is 1. The summed E-state index contributed by atoms with van der Waals surface area (Å²) in [6.45, 7) is -6.14. The van der Waals surface area contributed by atoms with Crippen LogP contribution in [0, 0.1) is 0 Å². The number of nitrogens with zero attached hydrogens (tertiary/aromatic N) is 1. The van der Waals surface area contributed by atoms with E-state index < -0.39 is 13.5 Å². The Bertz CT molecular complexity index is 299. The van der Waals surface area contributed by atoms with E-state index in [1.165, 1.54) is 18.5 Å². The molecule has 14 heavy (non-hydrogen) atoms. The monoisotopic (exact) mass is 293 g/mol. The minimum Gasteiger partial charge on any atom is -0.520 e. The molecule has 0 spiro atoms. The number of hydrogen-bond acceptors (Lipinski definition) is 2. The van der Waals surface area contributed by atoms with Gasteiger partial charge >= 0.3 is 58.4 Å². The first kappa shape index (κ1) is 14.9. The van der Waals surface area contributed by atoms with Crippen molar-refractivity contribution in [1.82, 2.24) is 4.98 Å². The summed E-state index contributed by atoms with van der Waals surface area (Å²) in [5.74, 6) is 0.105. The van der Waals surface area contributed by atoms with Crippen LogP contribution in [0.25, 0.3) is 0 Å². The van der Waals surface area contributed by atoms with Crippen LogP contribution in [0.4, 0.5) is 12.9 Å². The summed E-state index contributed by atoms with van der Waals surface area (Å²) in [7, 11) is 0. The fourth-order valence-corrected chi connectivity index (χ4v) is 1.01. The molecule has 0 amide bonds. The summed E-state index contributed by atoms with van der Waals surface area (Å²) in [5.41, 5.74) is 0. The van der Waals surface area contributed by atoms with Crippen molar-refractivity contribution >= 4 is 22.9 Å². The molecule has 0 aromatic carbocycles. The molecule has 0 N–H and O–H groups in total. The van der Waals surface area contributed by atoms with Gasteiger partial charge in [-0.25, -0.2) is 0 Å². The molecule has 0 radical (unpaired) electrons. The van der Waals surface area contributed by atoms with Crippen molar-refractivity contribution in [3.8, 4) is 5.75 Å². The zero-order chi connectivity index (χ0) is 9.90. The average molecular weight is 294 g/mol. The second kappa shape index (κ2) is 6.49. The van der Waals surface area contributed by atoms with Crippen LogP contribution in [0.1, 0.15) is 0 Å². The molecular formula is C6H5BBrF3KNO. The summed E-state index contributed by atoms with van der Waals surface area (Å²) >= 11 is 3.06. The maximum absolute atomic E-state index is 11.7. The van der Waals surface area contributed by atoms with E-state index >= 15 is 0 Å². The van der Waals surface area contributed by atoms with Crippen LogP contribution in [0.2, 0.25) is 0 Å². The van der Waals surface area contributed by atoms with Crippen molar-refractivity contribution < 1.29 is 69.1 Å². The number of ether oxygens (including phenoxy) is 1. The SMILES string of the molecule is F[B-](F)(F)COc1cncc(Br)c1.[K+]. The van der Waals surface area contributed by atoms with E-state index in [-0.39, 0.29) is 57.1 Å². The summed E-state index contributed by atoms with van der Waals surface area (Å²) in [4.78, 5) is 3.65. The first-order valence-electron chi connectivity index (χ1n) is 3.42. The van der Waals surface area contributed by atoms with Crippen LogP contribution >= 0.6 is 15.9 Å². The van der Waals surface area contributed by atoms with Gasteiger partial charge in [-0.1, -0.05) is 0 Å². The van der Waals surface area contributed by atoms with Crippen LogP contribution in [0.15, 0.2) is 22.9 Å². The van der Waals surface area contributed by atoms with Crippen LogP contribution in [0.3, 0.4) is 0 Å². The van der Waals surface area contributed by atoms with Crippen LogP contribution in [0.5, 0.6) is 5.75 Å². The molecule has 8 heteroatoms. The Hall–Kier alpha value is 0.921. The zero-order valence-electron chi connectivity index (χ0n) is 7.38. The maximum atomic E-state index is 11.7. The van der Waals surface area contributed by atoms with Gasteiger partial charge in [0, 0.05) is 10.7 Å². The summed E-state index contributed by atoms with van der Waals surface area (Å²) in [6.07, 6.45) is 2.69. The molecule has 0 atom stereocenters. The fraction of sp³-hybridized carbons (Fsp3) is 0.167. The molecule has 0 saturated carbocycles. The van der Waals surface area contributed by atoms with Crippen molar-refractivity contribution in [3.63, 3.8) is 0 Å². The molecule has 0 bridgehead atoms. The van der Waals surface area contributed by atoms with E-state index in [0.717, 1.165) is 0 Å². The Kier molecular flexibility index (Phi) is 6.92. The van der Waals surface area contributed by atoms with E-state index in [2.05, 4.69) is 25.7 Å². The first-order chi connectivity index (χ1) is 5.97. The predicted molar refractivity (Wildman–Crippen MR) is 46.5 cm³/mol. The van der Waals surface area contributed by atoms with Gasteiger partial charge in [-0.2, -0.15) is 0 Å². The molecule has 2 nitrogen and oxygen atoms in total. The molecule has 0 unspecified atom stereocenters. The Balaban J connectivity index is 0.00000169. The van der Waals surface area contributed by atoms with Gasteiger partial charge in [0.2, 0.25) is 0 Å². The van der Waals surface area contributed by atoms with Gasteiger partial charge in [0.15, 0.2) is 0 Å². The van der Waals surface area contributed by atoms with Gasteiger partial charge in [-0.05, 0) is 22.0 Å². The Morgan fingerprint density at radius 1 is 1.36 bits per heavy atom. The van der Waals surface area contributed by atoms with Gasteiger partial charge < -0.3 is 17.7 Å². The van der Waals surface area contributed by atoms with Crippen LogP contribution in [-0.2, 0) is 0 Å². The van der Waals surface area contributed by atoms with E-state index in [4.69, 9.17) is 0 Å². The summed E-state index contributed by atoms with van der Waals surface area (Å²) in [5, 5.41) is 0. The second-order valence-electron chi connectivity index (χ2n) is 2.36. The quantitative estimate of drug-likeness (QED) is 0.709.